The molecule has 0 heterocycles. The maximum Gasteiger partial charge on any atom is 0.315 e. The largest absolute Gasteiger partial charge is 0.469 e. The number of rotatable bonds is 7. The molecule has 0 rings (SSSR count). The molecule has 0 bridgehead atoms. The molecule has 0 aromatic rings. The van der Waals surface area contributed by atoms with Crippen LogP contribution < -0.4 is 5.32 Å². The van der Waals surface area contributed by atoms with Gasteiger partial charge in [0.15, 0.2) is 0 Å². The minimum atomic E-state index is -0.924. The Balaban J connectivity index is 4.54. The SMILES string of the molecule is COCC(C)(CC(=O)OC)NC(=O)CC(=O)OC. The first-order chi connectivity index (χ1) is 8.36. The molecular formula is C11H19NO6. The van der Waals surface area contributed by atoms with Gasteiger partial charge < -0.3 is 19.5 Å². The van der Waals surface area contributed by atoms with Gasteiger partial charge in [0.2, 0.25) is 5.91 Å². The molecule has 0 spiro atoms. The van der Waals surface area contributed by atoms with Crippen molar-refractivity contribution in [2.45, 2.75) is 25.3 Å². The highest BCUT2D eigenvalue weighted by atomic mass is 16.5. The van der Waals surface area contributed by atoms with Gasteiger partial charge >= 0.3 is 11.9 Å². The van der Waals surface area contributed by atoms with Crippen molar-refractivity contribution in [1.29, 1.82) is 0 Å². The topological polar surface area (TPSA) is 90.9 Å². The van der Waals surface area contributed by atoms with E-state index in [2.05, 4.69) is 14.8 Å². The van der Waals surface area contributed by atoms with Gasteiger partial charge in [0.25, 0.3) is 0 Å². The van der Waals surface area contributed by atoms with Gasteiger partial charge in [-0.05, 0) is 6.92 Å². The number of nitrogens with one attached hydrogen (secondary N) is 1. The lowest BCUT2D eigenvalue weighted by atomic mass is 9.98. The molecule has 104 valence electrons. The summed E-state index contributed by atoms with van der Waals surface area (Å²) >= 11 is 0. The zero-order valence-electron chi connectivity index (χ0n) is 11.1. The Kier molecular flexibility index (Phi) is 6.96. The number of carbonyl (C=O) groups is 3. The summed E-state index contributed by atoms with van der Waals surface area (Å²) < 4.78 is 13.9. The van der Waals surface area contributed by atoms with Crippen LogP contribution in [0.5, 0.6) is 0 Å². The summed E-state index contributed by atoms with van der Waals surface area (Å²) in [5.41, 5.74) is -0.924. The van der Waals surface area contributed by atoms with E-state index in [1.54, 1.807) is 6.92 Å². The van der Waals surface area contributed by atoms with Crippen molar-refractivity contribution in [2.24, 2.45) is 0 Å². The maximum atomic E-state index is 11.6. The molecule has 18 heavy (non-hydrogen) atoms. The van der Waals surface area contributed by atoms with Crippen LogP contribution in [0.3, 0.4) is 0 Å². The zero-order valence-corrected chi connectivity index (χ0v) is 11.1. The van der Waals surface area contributed by atoms with Gasteiger partial charge in [-0.25, -0.2) is 0 Å². The van der Waals surface area contributed by atoms with Crippen molar-refractivity contribution in [3.63, 3.8) is 0 Å². The Morgan fingerprint density at radius 1 is 1.06 bits per heavy atom. The fourth-order valence-electron chi connectivity index (χ4n) is 1.42. The Hall–Kier alpha value is -1.63. The summed E-state index contributed by atoms with van der Waals surface area (Å²) in [6, 6.07) is 0. The smallest absolute Gasteiger partial charge is 0.315 e. The van der Waals surface area contributed by atoms with Crippen LogP contribution in [0.4, 0.5) is 0 Å². The standard InChI is InChI=1S/C11H19NO6/c1-11(7-16-2,6-10(15)18-4)12-8(13)5-9(14)17-3/h5-7H2,1-4H3,(H,12,13). The summed E-state index contributed by atoms with van der Waals surface area (Å²) in [6.07, 6.45) is -0.457. The van der Waals surface area contributed by atoms with E-state index in [1.165, 1.54) is 21.3 Å². The van der Waals surface area contributed by atoms with Gasteiger partial charge in [-0.15, -0.1) is 0 Å². The molecule has 0 radical (unpaired) electrons. The molecule has 7 nitrogen and oxygen atoms in total. The van der Waals surface area contributed by atoms with E-state index in [0.29, 0.717) is 0 Å². The highest BCUT2D eigenvalue weighted by Gasteiger charge is 2.30. The Labute approximate surface area is 106 Å². The van der Waals surface area contributed by atoms with Gasteiger partial charge in [-0.1, -0.05) is 0 Å². The first kappa shape index (κ1) is 16.4. The van der Waals surface area contributed by atoms with Gasteiger partial charge in [-0.3, -0.25) is 14.4 Å². The lowest BCUT2D eigenvalue weighted by molar-refractivity contribution is -0.144. The molecule has 1 atom stereocenters. The van der Waals surface area contributed by atoms with E-state index >= 15 is 0 Å². The Morgan fingerprint density at radius 3 is 2.06 bits per heavy atom. The fraction of sp³-hybridized carbons (Fsp3) is 0.727. The molecule has 0 saturated carbocycles. The highest BCUT2D eigenvalue weighted by molar-refractivity contribution is 5.94. The summed E-state index contributed by atoms with van der Waals surface area (Å²) in [6.45, 7) is 1.75. The van der Waals surface area contributed by atoms with Crippen LogP contribution in [0, 0.1) is 0 Å². The predicted molar refractivity (Wildman–Crippen MR) is 61.7 cm³/mol. The number of methoxy groups -OCH3 is 3. The molecule has 1 unspecified atom stereocenters. The highest BCUT2D eigenvalue weighted by Crippen LogP contribution is 2.11. The predicted octanol–water partition coefficient (Wildman–Crippen LogP) is -0.366. The Morgan fingerprint density at radius 2 is 1.61 bits per heavy atom. The van der Waals surface area contributed by atoms with Gasteiger partial charge in [-0.2, -0.15) is 0 Å². The molecule has 0 saturated heterocycles. The summed E-state index contributed by atoms with van der Waals surface area (Å²) in [5.74, 6) is -1.66. The molecule has 0 aromatic carbocycles. The number of ether oxygens (including phenoxy) is 3. The average molecular weight is 261 g/mol. The van der Waals surface area contributed by atoms with Crippen LogP contribution in [0.2, 0.25) is 0 Å². The first-order valence-corrected chi connectivity index (χ1v) is 5.30. The van der Waals surface area contributed by atoms with E-state index in [-0.39, 0.29) is 13.0 Å². The minimum absolute atomic E-state index is 0.0513. The molecule has 0 fully saturated rings. The van der Waals surface area contributed by atoms with Crippen molar-refractivity contribution in [3.05, 3.63) is 0 Å². The van der Waals surface area contributed by atoms with Crippen molar-refractivity contribution < 1.29 is 28.6 Å². The van der Waals surface area contributed by atoms with E-state index in [4.69, 9.17) is 4.74 Å². The number of amides is 1. The molecular weight excluding hydrogens is 242 g/mol. The van der Waals surface area contributed by atoms with Crippen LogP contribution in [-0.2, 0) is 28.6 Å². The summed E-state index contributed by atoms with van der Waals surface area (Å²) in [7, 11) is 3.90. The molecule has 0 aliphatic heterocycles. The second-order valence-electron chi connectivity index (χ2n) is 4.05. The number of hydrogen-bond acceptors (Lipinski definition) is 6. The first-order valence-electron chi connectivity index (χ1n) is 5.30. The van der Waals surface area contributed by atoms with Crippen LogP contribution in [-0.4, -0.2) is 51.3 Å². The van der Waals surface area contributed by atoms with Gasteiger partial charge in [0, 0.05) is 7.11 Å². The minimum Gasteiger partial charge on any atom is -0.469 e. The van der Waals surface area contributed by atoms with Crippen molar-refractivity contribution >= 4 is 17.8 Å². The maximum absolute atomic E-state index is 11.6. The van der Waals surface area contributed by atoms with Crippen LogP contribution in [0.25, 0.3) is 0 Å². The molecule has 0 aliphatic carbocycles. The summed E-state index contributed by atoms with van der Waals surface area (Å²) in [4.78, 5) is 33.7. The van der Waals surface area contributed by atoms with Crippen LogP contribution in [0.1, 0.15) is 19.8 Å². The van der Waals surface area contributed by atoms with Gasteiger partial charge in [0.05, 0.1) is 32.8 Å². The molecule has 0 aromatic heterocycles. The second kappa shape index (κ2) is 7.65. The van der Waals surface area contributed by atoms with E-state index in [9.17, 15) is 14.4 Å². The fourth-order valence-corrected chi connectivity index (χ4v) is 1.42. The van der Waals surface area contributed by atoms with E-state index in [1.807, 2.05) is 0 Å². The molecule has 7 heteroatoms. The molecule has 1 N–H and O–H groups in total. The van der Waals surface area contributed by atoms with Crippen molar-refractivity contribution in [3.8, 4) is 0 Å². The zero-order chi connectivity index (χ0) is 14.2. The van der Waals surface area contributed by atoms with Crippen LogP contribution >= 0.6 is 0 Å². The average Bonchev–Trinajstić information content (AvgIpc) is 2.28. The Bertz CT molecular complexity index is 317. The van der Waals surface area contributed by atoms with Crippen molar-refractivity contribution in [2.75, 3.05) is 27.9 Å². The monoisotopic (exact) mass is 261 g/mol. The summed E-state index contributed by atoms with van der Waals surface area (Å²) in [5, 5.41) is 2.56. The quantitative estimate of drug-likeness (QED) is 0.497. The second-order valence-corrected chi connectivity index (χ2v) is 4.05. The number of carbonyl (C=O) groups excluding carboxylic acids is 3. The normalized spacial score (nSPS) is 13.3. The van der Waals surface area contributed by atoms with Crippen molar-refractivity contribution in [1.82, 2.24) is 5.32 Å². The molecule has 1 amide bonds. The van der Waals surface area contributed by atoms with E-state index < -0.39 is 29.8 Å². The third kappa shape index (κ3) is 6.19. The third-order valence-electron chi connectivity index (χ3n) is 2.20. The molecule has 0 aliphatic rings. The van der Waals surface area contributed by atoms with E-state index in [0.717, 1.165) is 0 Å². The van der Waals surface area contributed by atoms with Crippen LogP contribution in [0.15, 0.2) is 0 Å². The number of hydrogen-bond donors (Lipinski definition) is 1. The number of esters is 2. The third-order valence-corrected chi connectivity index (χ3v) is 2.20. The lowest BCUT2D eigenvalue weighted by Crippen LogP contribution is -2.51. The van der Waals surface area contributed by atoms with Gasteiger partial charge in [0.1, 0.15) is 6.42 Å². The lowest BCUT2D eigenvalue weighted by Gasteiger charge is -2.28.